The van der Waals surface area contributed by atoms with Gasteiger partial charge in [0.05, 0.1) is 22.8 Å². The van der Waals surface area contributed by atoms with Crippen LogP contribution in [0, 0.1) is 12.1 Å². The van der Waals surface area contributed by atoms with E-state index in [1.165, 1.54) is 13.1 Å². The molecular formula is C17H18N2O5S2. The van der Waals surface area contributed by atoms with Crippen LogP contribution in [0.4, 0.5) is 5.00 Å². The van der Waals surface area contributed by atoms with Crippen molar-refractivity contribution < 1.29 is 23.9 Å². The van der Waals surface area contributed by atoms with Gasteiger partial charge in [-0.2, -0.15) is 4.73 Å². The number of thiophene rings is 1. The highest BCUT2D eigenvalue weighted by atomic mass is 32.2. The topological polar surface area (TPSA) is 99.4 Å². The van der Waals surface area contributed by atoms with Gasteiger partial charge in [-0.1, -0.05) is 0 Å². The third-order valence-corrected chi connectivity index (χ3v) is 5.67. The molecule has 7 nitrogen and oxygen atoms in total. The van der Waals surface area contributed by atoms with Crippen molar-refractivity contribution in [3.05, 3.63) is 45.6 Å². The molecule has 0 radical (unpaired) electrons. The fourth-order valence-corrected chi connectivity index (χ4v) is 4.03. The Bertz CT molecular complexity index is 848. The second-order valence-electron chi connectivity index (χ2n) is 5.24. The molecule has 0 aliphatic carbocycles. The van der Waals surface area contributed by atoms with Crippen molar-refractivity contribution in [1.29, 1.82) is 0 Å². The summed E-state index contributed by atoms with van der Waals surface area (Å²) in [5.74, 6) is -1.18. The zero-order valence-corrected chi connectivity index (χ0v) is 16.2. The summed E-state index contributed by atoms with van der Waals surface area (Å²) in [6, 6.07) is 4.91. The molecule has 0 aliphatic heterocycles. The van der Waals surface area contributed by atoms with E-state index in [0.29, 0.717) is 20.2 Å². The van der Waals surface area contributed by atoms with Gasteiger partial charge in [0.2, 0.25) is 5.91 Å². The molecule has 0 fully saturated rings. The third-order valence-electron chi connectivity index (χ3n) is 3.34. The molecule has 0 saturated heterocycles. The molecule has 138 valence electrons. The first-order valence-corrected chi connectivity index (χ1v) is 9.57. The SMILES string of the molecule is CCOC(=O)c1c(NC(=O)CSc2cccc[n+]2[O-])sc(C(C)=O)c1C. The summed E-state index contributed by atoms with van der Waals surface area (Å²) in [5, 5.41) is 14.9. The predicted molar refractivity (Wildman–Crippen MR) is 99.8 cm³/mol. The minimum absolute atomic E-state index is 0.0130. The largest absolute Gasteiger partial charge is 0.618 e. The number of aromatic nitrogens is 1. The van der Waals surface area contributed by atoms with Crippen LogP contribution in [0.5, 0.6) is 0 Å². The summed E-state index contributed by atoms with van der Waals surface area (Å²) < 4.78 is 5.70. The number of thioether (sulfide) groups is 1. The molecule has 0 aliphatic rings. The first kappa shape index (κ1) is 19.9. The molecule has 0 aromatic carbocycles. The zero-order chi connectivity index (χ0) is 19.3. The lowest BCUT2D eigenvalue weighted by Gasteiger charge is -2.07. The highest BCUT2D eigenvalue weighted by Crippen LogP contribution is 2.34. The molecule has 0 spiro atoms. The van der Waals surface area contributed by atoms with Crippen molar-refractivity contribution in [2.75, 3.05) is 17.7 Å². The molecule has 0 atom stereocenters. The van der Waals surface area contributed by atoms with Gasteiger partial charge in [-0.15, -0.1) is 11.3 Å². The van der Waals surface area contributed by atoms with Crippen LogP contribution in [-0.2, 0) is 9.53 Å². The summed E-state index contributed by atoms with van der Waals surface area (Å²) in [7, 11) is 0. The van der Waals surface area contributed by atoms with Crippen molar-refractivity contribution in [3.63, 3.8) is 0 Å². The fraction of sp³-hybridized carbons (Fsp3) is 0.294. The molecule has 2 heterocycles. The maximum atomic E-state index is 12.2. The van der Waals surface area contributed by atoms with Crippen LogP contribution in [0.25, 0.3) is 0 Å². The van der Waals surface area contributed by atoms with E-state index >= 15 is 0 Å². The molecule has 1 amide bonds. The van der Waals surface area contributed by atoms with E-state index in [0.717, 1.165) is 23.1 Å². The number of rotatable bonds is 7. The average molecular weight is 394 g/mol. The van der Waals surface area contributed by atoms with Gasteiger partial charge in [0, 0.05) is 12.1 Å². The lowest BCUT2D eigenvalue weighted by molar-refractivity contribution is -0.645. The number of ether oxygens (including phenoxy) is 1. The van der Waals surface area contributed by atoms with Gasteiger partial charge >= 0.3 is 5.97 Å². The summed E-state index contributed by atoms with van der Waals surface area (Å²) >= 11 is 2.12. The average Bonchev–Trinajstić information content (AvgIpc) is 2.90. The Labute approximate surface area is 158 Å². The van der Waals surface area contributed by atoms with E-state index in [1.807, 2.05) is 0 Å². The van der Waals surface area contributed by atoms with E-state index in [-0.39, 0.29) is 34.6 Å². The number of nitrogens with one attached hydrogen (secondary N) is 1. The van der Waals surface area contributed by atoms with Gasteiger partial charge in [-0.25, -0.2) is 4.79 Å². The first-order valence-electron chi connectivity index (χ1n) is 7.77. The van der Waals surface area contributed by atoms with E-state index in [9.17, 15) is 19.6 Å². The number of ketones is 1. The molecule has 0 bridgehead atoms. The van der Waals surface area contributed by atoms with Crippen LogP contribution in [0.2, 0.25) is 0 Å². The minimum Gasteiger partial charge on any atom is -0.618 e. The monoisotopic (exact) mass is 394 g/mol. The van der Waals surface area contributed by atoms with Crippen molar-refractivity contribution in [1.82, 2.24) is 0 Å². The maximum absolute atomic E-state index is 12.2. The van der Waals surface area contributed by atoms with Crippen molar-refractivity contribution in [2.24, 2.45) is 0 Å². The Kier molecular flexibility index (Phi) is 6.76. The van der Waals surface area contributed by atoms with E-state index in [4.69, 9.17) is 4.74 Å². The van der Waals surface area contributed by atoms with Gasteiger partial charge in [0.15, 0.2) is 12.0 Å². The summed E-state index contributed by atoms with van der Waals surface area (Å²) in [4.78, 5) is 36.6. The van der Waals surface area contributed by atoms with Crippen LogP contribution in [0.1, 0.15) is 39.4 Å². The molecule has 2 rings (SSSR count). The Morgan fingerprint density at radius 3 is 2.69 bits per heavy atom. The smallest absolute Gasteiger partial charge is 0.341 e. The maximum Gasteiger partial charge on any atom is 0.341 e. The highest BCUT2D eigenvalue weighted by molar-refractivity contribution is 7.99. The lowest BCUT2D eigenvalue weighted by atomic mass is 10.1. The zero-order valence-electron chi connectivity index (χ0n) is 14.5. The standard InChI is InChI=1S/C17H18N2O5S2/c1-4-24-17(22)14-10(2)15(11(3)20)26-16(14)18-12(21)9-25-13-7-5-6-8-19(13)23/h5-8H,4,9H2,1-3H3,(H,18,21). The molecule has 0 unspecified atom stereocenters. The molecule has 1 N–H and O–H groups in total. The van der Waals surface area contributed by atoms with Gasteiger partial charge in [0.25, 0.3) is 5.03 Å². The Hall–Kier alpha value is -2.39. The van der Waals surface area contributed by atoms with Gasteiger partial charge < -0.3 is 15.3 Å². The number of nitrogens with zero attached hydrogens (tertiary/aromatic N) is 1. The number of carbonyl (C=O) groups is 3. The van der Waals surface area contributed by atoms with Gasteiger partial charge in [-0.3, -0.25) is 9.59 Å². The van der Waals surface area contributed by atoms with E-state index < -0.39 is 5.97 Å². The van der Waals surface area contributed by atoms with Crippen LogP contribution in [0.15, 0.2) is 29.4 Å². The first-order chi connectivity index (χ1) is 12.3. The summed E-state index contributed by atoms with van der Waals surface area (Å²) in [5.41, 5.74) is 0.684. The molecule has 2 aromatic heterocycles. The quantitative estimate of drug-likeness (QED) is 0.255. The lowest BCUT2D eigenvalue weighted by Crippen LogP contribution is -2.28. The number of pyridine rings is 1. The number of esters is 1. The number of amides is 1. The van der Waals surface area contributed by atoms with Crippen LogP contribution < -0.4 is 10.0 Å². The summed E-state index contributed by atoms with van der Waals surface area (Å²) in [6.45, 7) is 4.91. The van der Waals surface area contributed by atoms with Gasteiger partial charge in [-0.05, 0) is 44.2 Å². The minimum atomic E-state index is -0.586. The van der Waals surface area contributed by atoms with Crippen molar-refractivity contribution in [2.45, 2.75) is 25.8 Å². The molecular weight excluding hydrogens is 376 g/mol. The second kappa shape index (κ2) is 8.81. The van der Waals surface area contributed by atoms with Crippen LogP contribution >= 0.6 is 23.1 Å². The number of hydrogen-bond donors (Lipinski definition) is 1. The number of carbonyl (C=O) groups excluding carboxylic acids is 3. The van der Waals surface area contributed by atoms with Crippen LogP contribution in [0.3, 0.4) is 0 Å². The number of Topliss-reactive ketones (excluding diaryl/α,β-unsaturated/α-hetero) is 1. The third kappa shape index (κ3) is 4.61. The number of anilines is 1. The highest BCUT2D eigenvalue weighted by Gasteiger charge is 2.25. The van der Waals surface area contributed by atoms with Gasteiger partial charge in [0.1, 0.15) is 5.00 Å². The Morgan fingerprint density at radius 1 is 1.35 bits per heavy atom. The molecule has 0 saturated carbocycles. The molecule has 9 heteroatoms. The Morgan fingerprint density at radius 2 is 2.08 bits per heavy atom. The van der Waals surface area contributed by atoms with E-state index in [2.05, 4.69) is 5.32 Å². The predicted octanol–water partition coefficient (Wildman–Crippen LogP) is 2.80. The Balaban J connectivity index is 2.18. The molecule has 26 heavy (non-hydrogen) atoms. The van der Waals surface area contributed by atoms with Crippen molar-refractivity contribution in [3.8, 4) is 0 Å². The fourth-order valence-electron chi connectivity index (χ4n) is 2.21. The van der Waals surface area contributed by atoms with E-state index in [1.54, 1.807) is 32.0 Å². The molecule has 2 aromatic rings. The second-order valence-corrected chi connectivity index (χ2v) is 7.25. The normalized spacial score (nSPS) is 10.4. The van der Waals surface area contributed by atoms with Crippen LogP contribution in [-0.4, -0.2) is 30.0 Å². The summed E-state index contributed by atoms with van der Waals surface area (Å²) in [6.07, 6.45) is 1.35. The van der Waals surface area contributed by atoms with Crippen molar-refractivity contribution >= 4 is 45.8 Å². The number of hydrogen-bond acceptors (Lipinski definition) is 7.